The first-order valence-corrected chi connectivity index (χ1v) is 4.67. The van der Waals surface area contributed by atoms with E-state index in [4.69, 9.17) is 28.2 Å². The number of rotatable bonds is 2. The van der Waals surface area contributed by atoms with Crippen LogP contribution in [0.5, 0.6) is 0 Å². The van der Waals surface area contributed by atoms with Crippen molar-refractivity contribution in [3.63, 3.8) is 0 Å². The van der Waals surface area contributed by atoms with E-state index in [1.54, 1.807) is 0 Å². The van der Waals surface area contributed by atoms with Gasteiger partial charge in [-0.2, -0.15) is 13.2 Å². The second-order valence-electron chi connectivity index (χ2n) is 3.24. The van der Waals surface area contributed by atoms with Gasteiger partial charge in [-0.3, -0.25) is 0 Å². The van der Waals surface area contributed by atoms with E-state index in [2.05, 4.69) is 0 Å². The summed E-state index contributed by atoms with van der Waals surface area (Å²) in [6.07, 6.45) is -4.60. The maximum absolute atomic E-state index is 12.5. The summed E-state index contributed by atoms with van der Waals surface area (Å²) < 4.78 is 37.6. The highest BCUT2D eigenvalue weighted by Crippen LogP contribution is 2.38. The van der Waals surface area contributed by atoms with Crippen LogP contribution in [0.3, 0.4) is 0 Å². The average Bonchev–Trinajstić information content (AvgIpc) is 2.18. The Morgan fingerprint density at radius 3 is 2.38 bits per heavy atom. The van der Waals surface area contributed by atoms with Crippen molar-refractivity contribution in [2.45, 2.75) is 12.2 Å². The molecule has 1 aromatic rings. The van der Waals surface area contributed by atoms with E-state index in [-0.39, 0.29) is 10.6 Å². The van der Waals surface area contributed by atoms with Gasteiger partial charge in [0.25, 0.3) is 0 Å². The summed E-state index contributed by atoms with van der Waals surface area (Å²) in [6, 6.07) is 0.956. The lowest BCUT2D eigenvalue weighted by atomic mass is 10.0. The van der Waals surface area contributed by atoms with Gasteiger partial charge < -0.3 is 16.6 Å². The van der Waals surface area contributed by atoms with Crippen LogP contribution >= 0.6 is 11.6 Å². The summed E-state index contributed by atoms with van der Waals surface area (Å²) in [5.41, 5.74) is 9.21. The van der Waals surface area contributed by atoms with Gasteiger partial charge in [-0.15, -0.1) is 0 Å². The number of alkyl halides is 3. The third-order valence-electron chi connectivity index (χ3n) is 2.08. The monoisotopic (exact) mass is 254 g/mol. The zero-order valence-electron chi connectivity index (χ0n) is 8.05. The predicted octanol–water partition coefficient (Wildman–Crippen LogP) is 1.93. The molecule has 3 nitrogen and oxygen atoms in total. The number of hydrogen-bond donors (Lipinski definition) is 3. The molecule has 0 saturated heterocycles. The lowest BCUT2D eigenvalue weighted by Gasteiger charge is -2.17. The molecule has 0 saturated carbocycles. The van der Waals surface area contributed by atoms with Crippen molar-refractivity contribution in [1.82, 2.24) is 0 Å². The van der Waals surface area contributed by atoms with Crippen LogP contribution in [-0.2, 0) is 6.18 Å². The summed E-state index contributed by atoms with van der Waals surface area (Å²) in [5, 5.41) is 8.67. The van der Waals surface area contributed by atoms with E-state index in [0.717, 1.165) is 6.07 Å². The standard InChI is InChI=1S/C9H10ClF3N2O/c10-4-1-5(7(14)3-16)8(15)6(2-4)9(11,12)13/h1-2,7,16H,3,14-15H2/t7-/m1/s1. The first-order valence-electron chi connectivity index (χ1n) is 4.30. The zero-order valence-corrected chi connectivity index (χ0v) is 8.81. The number of halogens is 4. The third kappa shape index (κ3) is 2.58. The van der Waals surface area contributed by atoms with Gasteiger partial charge in [0.05, 0.1) is 18.2 Å². The number of benzene rings is 1. The van der Waals surface area contributed by atoms with Crippen LogP contribution in [0.2, 0.25) is 5.02 Å². The zero-order chi connectivity index (χ0) is 12.5. The topological polar surface area (TPSA) is 72.3 Å². The quantitative estimate of drug-likeness (QED) is 0.706. The maximum Gasteiger partial charge on any atom is 0.418 e. The molecule has 0 amide bonds. The van der Waals surface area contributed by atoms with Crippen molar-refractivity contribution in [3.05, 3.63) is 28.3 Å². The van der Waals surface area contributed by atoms with Crippen molar-refractivity contribution in [2.24, 2.45) is 5.73 Å². The van der Waals surface area contributed by atoms with Crippen molar-refractivity contribution in [1.29, 1.82) is 0 Å². The molecular formula is C9H10ClF3N2O. The Hall–Kier alpha value is -0.980. The van der Waals surface area contributed by atoms with Crippen LogP contribution < -0.4 is 11.5 Å². The van der Waals surface area contributed by atoms with Gasteiger partial charge in [-0.05, 0) is 17.7 Å². The normalized spacial score (nSPS) is 13.9. The molecule has 0 unspecified atom stereocenters. The van der Waals surface area contributed by atoms with Crippen LogP contribution in [0.4, 0.5) is 18.9 Å². The van der Waals surface area contributed by atoms with Crippen molar-refractivity contribution >= 4 is 17.3 Å². The second kappa shape index (κ2) is 4.48. The van der Waals surface area contributed by atoms with Gasteiger partial charge >= 0.3 is 6.18 Å². The van der Waals surface area contributed by atoms with Crippen LogP contribution in [0.1, 0.15) is 17.2 Å². The molecule has 0 aliphatic rings. The van der Waals surface area contributed by atoms with Gasteiger partial charge in [0, 0.05) is 10.7 Å². The predicted molar refractivity (Wildman–Crippen MR) is 54.9 cm³/mol. The minimum absolute atomic E-state index is 0.0117. The molecule has 5 N–H and O–H groups in total. The molecule has 0 aliphatic heterocycles. The molecule has 1 aromatic carbocycles. The Bertz CT molecular complexity index is 395. The SMILES string of the molecule is Nc1c([C@H](N)CO)cc(Cl)cc1C(F)(F)F. The van der Waals surface area contributed by atoms with Gasteiger partial charge in [-0.1, -0.05) is 11.6 Å². The highest BCUT2D eigenvalue weighted by molar-refractivity contribution is 6.30. The molecule has 0 aromatic heterocycles. The Kier molecular flexibility index (Phi) is 3.67. The summed E-state index contributed by atoms with van der Waals surface area (Å²) in [7, 11) is 0. The van der Waals surface area contributed by atoms with Crippen LogP contribution in [0.25, 0.3) is 0 Å². The molecule has 0 heterocycles. The minimum atomic E-state index is -4.60. The van der Waals surface area contributed by atoms with E-state index < -0.39 is 30.1 Å². The largest absolute Gasteiger partial charge is 0.418 e. The highest BCUT2D eigenvalue weighted by Gasteiger charge is 2.34. The van der Waals surface area contributed by atoms with Crippen molar-refractivity contribution < 1.29 is 18.3 Å². The number of nitrogen functional groups attached to an aromatic ring is 1. The van der Waals surface area contributed by atoms with Gasteiger partial charge in [0.2, 0.25) is 0 Å². The fraction of sp³-hybridized carbons (Fsp3) is 0.333. The van der Waals surface area contributed by atoms with Crippen LogP contribution in [0.15, 0.2) is 12.1 Å². The van der Waals surface area contributed by atoms with E-state index >= 15 is 0 Å². The van der Waals surface area contributed by atoms with Crippen molar-refractivity contribution in [2.75, 3.05) is 12.3 Å². The third-order valence-corrected chi connectivity index (χ3v) is 2.30. The van der Waals surface area contributed by atoms with Gasteiger partial charge in [-0.25, -0.2) is 0 Å². The number of aliphatic hydroxyl groups is 1. The van der Waals surface area contributed by atoms with Crippen molar-refractivity contribution in [3.8, 4) is 0 Å². The summed E-state index contributed by atoms with van der Waals surface area (Å²) in [4.78, 5) is 0. The lowest BCUT2D eigenvalue weighted by molar-refractivity contribution is -0.136. The Morgan fingerprint density at radius 1 is 1.38 bits per heavy atom. The fourth-order valence-corrected chi connectivity index (χ4v) is 1.51. The average molecular weight is 255 g/mol. The molecular weight excluding hydrogens is 245 g/mol. The minimum Gasteiger partial charge on any atom is -0.398 e. The first-order chi connectivity index (χ1) is 7.27. The molecule has 16 heavy (non-hydrogen) atoms. The fourth-order valence-electron chi connectivity index (χ4n) is 1.28. The van der Waals surface area contributed by atoms with E-state index in [0.29, 0.717) is 0 Å². The van der Waals surface area contributed by atoms with Crippen LogP contribution in [-0.4, -0.2) is 11.7 Å². The molecule has 0 aliphatic carbocycles. The summed E-state index contributed by atoms with van der Waals surface area (Å²) in [6.45, 7) is -0.512. The molecule has 0 radical (unpaired) electrons. The number of nitrogens with two attached hydrogens (primary N) is 2. The Labute approximate surface area is 94.8 Å². The summed E-state index contributed by atoms with van der Waals surface area (Å²) in [5.74, 6) is 0. The molecule has 1 atom stereocenters. The molecule has 90 valence electrons. The molecule has 1 rings (SSSR count). The number of aliphatic hydroxyl groups excluding tert-OH is 1. The molecule has 7 heteroatoms. The van der Waals surface area contributed by atoms with Crippen LogP contribution in [0, 0.1) is 0 Å². The maximum atomic E-state index is 12.5. The Morgan fingerprint density at radius 2 is 1.94 bits per heavy atom. The van der Waals surface area contributed by atoms with Gasteiger partial charge in [0.1, 0.15) is 0 Å². The van der Waals surface area contributed by atoms with E-state index in [9.17, 15) is 13.2 Å². The molecule has 0 spiro atoms. The number of anilines is 1. The van der Waals surface area contributed by atoms with E-state index in [1.165, 1.54) is 6.07 Å². The summed E-state index contributed by atoms with van der Waals surface area (Å²) >= 11 is 5.54. The second-order valence-corrected chi connectivity index (χ2v) is 3.68. The Balaban J connectivity index is 3.38. The smallest absolute Gasteiger partial charge is 0.398 e. The lowest BCUT2D eigenvalue weighted by Crippen LogP contribution is -2.19. The number of hydrogen-bond acceptors (Lipinski definition) is 3. The first kappa shape index (κ1) is 13.1. The van der Waals surface area contributed by atoms with E-state index in [1.807, 2.05) is 0 Å². The van der Waals surface area contributed by atoms with Gasteiger partial charge in [0.15, 0.2) is 0 Å². The highest BCUT2D eigenvalue weighted by atomic mass is 35.5. The molecule has 0 bridgehead atoms. The molecule has 0 fully saturated rings.